The number of benzene rings is 2. The van der Waals surface area contributed by atoms with Crippen molar-refractivity contribution < 1.29 is 72.5 Å². The number of H-pyrrole nitrogens is 1. The van der Waals surface area contributed by atoms with E-state index in [0.29, 0.717) is 41.1 Å². The zero-order chi connectivity index (χ0) is 64.2. The van der Waals surface area contributed by atoms with Gasteiger partial charge in [0.25, 0.3) is 0 Å². The van der Waals surface area contributed by atoms with Crippen LogP contribution in [0.3, 0.4) is 0 Å². The lowest BCUT2D eigenvalue weighted by atomic mass is 9.98. The first-order valence-electron chi connectivity index (χ1n) is 28.9. The first-order valence-corrected chi connectivity index (χ1v) is 30.6. The molecule has 3 saturated heterocycles. The normalized spacial score (nSPS) is 22.4. The van der Waals surface area contributed by atoms with Gasteiger partial charge in [0.05, 0.1) is 61.6 Å². The number of aromatic amines is 1. The second-order valence-electron chi connectivity index (χ2n) is 21.7. The van der Waals surface area contributed by atoms with Gasteiger partial charge in [-0.3, -0.25) is 67.2 Å². The van der Waals surface area contributed by atoms with Crippen molar-refractivity contribution >= 4 is 118 Å². The lowest BCUT2D eigenvalue weighted by molar-refractivity contribution is -0.139. The molecule has 0 aliphatic carbocycles. The maximum atomic E-state index is 14.6. The summed E-state index contributed by atoms with van der Waals surface area (Å²) in [5, 5.41) is 50.1. The minimum absolute atomic E-state index is 0.0622. The van der Waals surface area contributed by atoms with Crippen LogP contribution in [-0.2, 0) is 75.3 Å². The fourth-order valence-electron chi connectivity index (χ4n) is 10.0. The first kappa shape index (κ1) is 69.0. The molecule has 6 rings (SSSR count). The summed E-state index contributed by atoms with van der Waals surface area (Å²) in [7, 11) is 0. The van der Waals surface area contributed by atoms with Crippen LogP contribution >= 0.6 is 24.4 Å². The molecule has 3 fully saturated rings. The zero-order valence-electron chi connectivity index (χ0n) is 49.3. The van der Waals surface area contributed by atoms with E-state index in [9.17, 15) is 72.5 Å². The number of imide groups is 1. The topological polar surface area (TPSA) is 417 Å². The van der Waals surface area contributed by atoms with Gasteiger partial charge in [0.1, 0.15) is 24.2 Å². The number of thiol groups is 1. The highest BCUT2D eigenvalue weighted by molar-refractivity contribution is 7.98. The van der Waals surface area contributed by atoms with Gasteiger partial charge < -0.3 is 78.6 Å². The van der Waals surface area contributed by atoms with E-state index in [2.05, 4.69) is 76.1 Å². The summed E-state index contributed by atoms with van der Waals surface area (Å²) in [6.07, 6.45) is 0.409. The number of nitrogens with one attached hydrogen (secondary N) is 12. The Morgan fingerprint density at radius 2 is 1.48 bits per heavy atom. The van der Waals surface area contributed by atoms with Crippen LogP contribution in [0.1, 0.15) is 76.8 Å². The largest absolute Gasteiger partial charge is 0.394 e. The van der Waals surface area contributed by atoms with Crippen molar-refractivity contribution in [2.75, 3.05) is 64.0 Å². The Kier molecular flexibility index (Phi) is 26.1. The van der Waals surface area contributed by atoms with Gasteiger partial charge in [0.2, 0.25) is 76.8 Å². The van der Waals surface area contributed by atoms with Gasteiger partial charge in [-0.1, -0.05) is 50.6 Å². The molecular formula is C57H78N14O15S2. The molecule has 0 radical (unpaired) electrons. The van der Waals surface area contributed by atoms with E-state index in [-0.39, 0.29) is 51.9 Å². The smallest absolute Gasteiger partial charge is 0.246 e. The number of fused-ring (bicyclic) bond motifs is 2. The third-order valence-corrected chi connectivity index (χ3v) is 16.3. The second-order valence-corrected chi connectivity index (χ2v) is 23.1. The number of carbonyl (C=O) groups is 13. The summed E-state index contributed by atoms with van der Waals surface area (Å²) in [6, 6.07) is 6.63. The Morgan fingerprint density at radius 1 is 0.784 bits per heavy atom. The molecule has 14 N–H and O–H groups in total. The van der Waals surface area contributed by atoms with Gasteiger partial charge in [-0.15, -0.1) is 11.8 Å². The highest BCUT2D eigenvalue weighted by atomic mass is 32.2. The van der Waals surface area contributed by atoms with E-state index < -0.39 is 170 Å². The van der Waals surface area contributed by atoms with Crippen molar-refractivity contribution in [3.8, 4) is 0 Å². The highest BCUT2D eigenvalue weighted by Crippen LogP contribution is 2.30. The number of para-hydroxylation sites is 1. The lowest BCUT2D eigenvalue weighted by Gasteiger charge is -2.31. The number of nitrogens with zero attached hydrogens (tertiary/aromatic N) is 2. The fourth-order valence-corrected chi connectivity index (χ4v) is 11.0. The number of hydrogen-bond donors (Lipinski definition) is 15. The Bertz CT molecular complexity index is 3080. The Labute approximate surface area is 517 Å². The number of amides is 13. The van der Waals surface area contributed by atoms with Crippen LogP contribution < -0.4 is 58.5 Å². The molecule has 4 heterocycles. The van der Waals surface area contributed by atoms with Crippen LogP contribution in [0, 0.1) is 5.92 Å². The van der Waals surface area contributed by atoms with Crippen LogP contribution in [0.4, 0.5) is 5.69 Å². The molecule has 31 heteroatoms. The zero-order valence-corrected chi connectivity index (χ0v) is 51.0. The van der Waals surface area contributed by atoms with Crippen LogP contribution in [0.15, 0.2) is 53.6 Å². The van der Waals surface area contributed by atoms with Gasteiger partial charge in [-0.05, 0) is 67.7 Å². The predicted octanol–water partition coefficient (Wildman–Crippen LogP) is -3.30. The summed E-state index contributed by atoms with van der Waals surface area (Å²) >= 11 is 5.43. The highest BCUT2D eigenvalue weighted by Gasteiger charge is 2.38. The predicted molar refractivity (Wildman–Crippen MR) is 323 cm³/mol. The number of aliphatic hydroxyl groups excluding tert-OH is 2. The van der Waals surface area contributed by atoms with Crippen LogP contribution in [0.2, 0.25) is 0 Å². The molecule has 2 aromatic carbocycles. The van der Waals surface area contributed by atoms with E-state index in [1.165, 1.54) is 35.7 Å². The van der Waals surface area contributed by atoms with Crippen molar-refractivity contribution in [1.82, 2.24) is 68.0 Å². The molecule has 478 valence electrons. The van der Waals surface area contributed by atoms with Crippen molar-refractivity contribution in [3.05, 3.63) is 59.7 Å². The number of aliphatic hydroxyl groups is 2. The molecule has 3 aromatic rings. The van der Waals surface area contributed by atoms with Gasteiger partial charge in [-0.2, -0.15) is 12.6 Å². The molecule has 3 aliphatic rings. The number of hydrogen-bond acceptors (Lipinski definition) is 18. The van der Waals surface area contributed by atoms with E-state index in [4.69, 9.17) is 0 Å². The van der Waals surface area contributed by atoms with Crippen LogP contribution in [0.25, 0.3) is 10.9 Å². The number of carbonyl (C=O) groups excluding carboxylic acids is 13. The van der Waals surface area contributed by atoms with E-state index in [1.54, 1.807) is 26.0 Å². The SMILES string of the molecule is CC[C@H](C)[C@@H]1NC(=O)CNC(=O)[C@@H](Cc2c(SC)[nH]c3ccccc23)NC(=O)[C@H](C[C@@H](O)CO)NC[C@@H]2CCCN2C(=O)[C@H](CC(=O)NCc2ccc(NC(=O)[C@H](C)NC(=O)CNC(=O)CCN3C(=O)CC(S)C3=O)cc2)NC(=O)CNC(=O)CNC1=O. The van der Waals surface area contributed by atoms with Crippen molar-refractivity contribution in [2.45, 2.75) is 131 Å². The van der Waals surface area contributed by atoms with Gasteiger partial charge in [0, 0.05) is 68.1 Å². The molecule has 3 aliphatic heterocycles. The van der Waals surface area contributed by atoms with E-state index in [0.717, 1.165) is 15.8 Å². The number of rotatable bonds is 20. The third-order valence-electron chi connectivity index (χ3n) is 15.2. The third kappa shape index (κ3) is 19.9. The lowest BCUT2D eigenvalue weighted by Crippen LogP contribution is -2.58. The molecule has 0 saturated carbocycles. The van der Waals surface area contributed by atoms with E-state index >= 15 is 0 Å². The summed E-state index contributed by atoms with van der Waals surface area (Å²) in [5.41, 5.74) is 2.33. The standard InChI is InChI=1S/C57H78N14O15S2/c1-5-30(2)50-54(84)63-25-45(76)61-27-47(78)66-41(21-44(75)59-23-32-12-14-33(15-13-32)65-51(81)31(3)64-46(77)26-60-43(74)16-18-71-49(80)22-42(87)57(71)86)56(85)70-17-8-9-34(70)24-58-39(19-35(73)29-72)53(83)67-40(52(82)62-28-48(79)69-50)20-37-36-10-6-7-11-38(36)68-55(37)88-4/h6-7,10-15,30-31,34-35,39-42,50,58,68,72-73,87H,5,8-9,16-29H2,1-4H3,(H,59,75)(H,60,74)(H,61,76)(H,62,82)(H,63,84)(H,64,77)(H,65,81)(H,66,78)(H,67,83)(H,69,79)/t30-,31-,34-,35+,39-,40+,41-,42?,50-/m0/s1. The van der Waals surface area contributed by atoms with Crippen molar-refractivity contribution in [1.29, 1.82) is 0 Å². The average Bonchev–Trinajstić information content (AvgIpc) is 2.27. The number of anilines is 1. The summed E-state index contributed by atoms with van der Waals surface area (Å²) in [4.78, 5) is 178. The molecule has 88 heavy (non-hydrogen) atoms. The molecule has 0 spiro atoms. The Balaban J connectivity index is 1.13. The van der Waals surface area contributed by atoms with Crippen molar-refractivity contribution in [2.24, 2.45) is 5.92 Å². The minimum atomic E-state index is -1.50. The molecular weight excluding hydrogens is 1180 g/mol. The number of likely N-dealkylation sites (tertiary alicyclic amines) is 1. The monoisotopic (exact) mass is 1260 g/mol. The van der Waals surface area contributed by atoms with Gasteiger partial charge in [0.15, 0.2) is 0 Å². The van der Waals surface area contributed by atoms with Crippen molar-refractivity contribution in [3.63, 3.8) is 0 Å². The van der Waals surface area contributed by atoms with Crippen LogP contribution in [0.5, 0.6) is 0 Å². The quantitative estimate of drug-likeness (QED) is 0.0299. The summed E-state index contributed by atoms with van der Waals surface area (Å²) in [6.45, 7) is 1.64. The second kappa shape index (κ2) is 33.3. The minimum Gasteiger partial charge on any atom is -0.394 e. The molecule has 13 amide bonds. The molecule has 1 unspecified atom stereocenters. The maximum absolute atomic E-state index is 14.6. The Hall–Kier alpha value is -8.13. The summed E-state index contributed by atoms with van der Waals surface area (Å²) in [5.74, 6) is -9.33. The Morgan fingerprint density at radius 3 is 2.17 bits per heavy atom. The van der Waals surface area contributed by atoms with Gasteiger partial charge >= 0.3 is 0 Å². The summed E-state index contributed by atoms with van der Waals surface area (Å²) < 4.78 is 0. The fraction of sp³-hybridized carbons (Fsp3) is 0.526. The van der Waals surface area contributed by atoms with E-state index in [1.807, 2.05) is 30.5 Å². The number of aromatic nitrogens is 1. The first-order chi connectivity index (χ1) is 42.0. The number of thioether (sulfide) groups is 1. The molecule has 29 nitrogen and oxygen atoms in total. The van der Waals surface area contributed by atoms with Crippen LogP contribution in [-0.4, -0.2) is 208 Å². The molecule has 1 aromatic heterocycles. The maximum Gasteiger partial charge on any atom is 0.246 e. The molecule has 9 atom stereocenters. The molecule has 0 bridgehead atoms. The average molecular weight is 1260 g/mol. The van der Waals surface area contributed by atoms with Gasteiger partial charge in [-0.25, -0.2) is 0 Å².